The molecule has 0 rings (SSSR count). The molecule has 0 aliphatic rings. The first-order chi connectivity index (χ1) is 19.4. The van der Waals surface area contributed by atoms with Gasteiger partial charge in [-0.25, -0.2) is 4.79 Å². The number of nitrogens with one attached hydrogen (secondary N) is 4. The molecule has 0 radical (unpaired) electrons. The molecule has 0 saturated heterocycles. The lowest BCUT2D eigenvalue weighted by molar-refractivity contribution is -0.147. The highest BCUT2D eigenvalue weighted by molar-refractivity contribution is 5.97. The van der Waals surface area contributed by atoms with E-state index in [1.54, 1.807) is 34.6 Å². The van der Waals surface area contributed by atoms with Crippen molar-refractivity contribution in [3.05, 3.63) is 0 Å². The van der Waals surface area contributed by atoms with E-state index >= 15 is 0 Å². The summed E-state index contributed by atoms with van der Waals surface area (Å²) in [4.78, 5) is 87.8. The number of amides is 4. The molecule has 14 nitrogen and oxygen atoms in total. The number of carbonyl (C=O) groups is 7. The van der Waals surface area contributed by atoms with Crippen molar-refractivity contribution < 1.29 is 48.5 Å². The molecule has 0 aromatic heterocycles. The van der Waals surface area contributed by atoms with Gasteiger partial charge in [-0.15, -0.1) is 0 Å². The van der Waals surface area contributed by atoms with Crippen LogP contribution in [0.4, 0.5) is 0 Å². The number of carboxylic acid groups (broad SMARTS) is 2. The molecule has 0 saturated carbocycles. The van der Waals surface area contributed by atoms with Gasteiger partial charge >= 0.3 is 17.9 Å². The van der Waals surface area contributed by atoms with Crippen LogP contribution in [-0.2, 0) is 38.3 Å². The molecule has 0 fully saturated rings. The van der Waals surface area contributed by atoms with Crippen LogP contribution in [0.1, 0.15) is 87.5 Å². The van der Waals surface area contributed by atoms with Crippen molar-refractivity contribution in [3.8, 4) is 0 Å². The van der Waals surface area contributed by atoms with E-state index < -0.39 is 78.1 Å². The molecular formula is C28H48N4O10. The van der Waals surface area contributed by atoms with Gasteiger partial charge in [0, 0.05) is 5.92 Å². The van der Waals surface area contributed by atoms with Gasteiger partial charge in [0.2, 0.25) is 23.6 Å². The summed E-state index contributed by atoms with van der Waals surface area (Å²) in [6.45, 7) is 13.8. The summed E-state index contributed by atoms with van der Waals surface area (Å²) in [6.07, 6.45) is -0.423. The maximum atomic E-state index is 13.4. The van der Waals surface area contributed by atoms with Crippen molar-refractivity contribution in [3.63, 3.8) is 0 Å². The number of ether oxygens (including phenoxy) is 1. The minimum Gasteiger partial charge on any atom is -0.481 e. The van der Waals surface area contributed by atoms with Crippen molar-refractivity contribution >= 4 is 41.5 Å². The molecule has 0 aromatic rings. The average Bonchev–Trinajstić information content (AvgIpc) is 2.85. The van der Waals surface area contributed by atoms with Gasteiger partial charge in [0.1, 0.15) is 24.2 Å². The molecule has 0 aliphatic heterocycles. The average molecular weight is 601 g/mol. The molecule has 42 heavy (non-hydrogen) atoms. The van der Waals surface area contributed by atoms with Crippen molar-refractivity contribution in [2.24, 2.45) is 17.3 Å². The lowest BCUT2D eigenvalue weighted by atomic mass is 9.85. The molecule has 4 atom stereocenters. The SMILES string of the molecule is CCOC(=O)C[C@H](NC(=O)[C@@H](NC(=O)C(CC)CC)C(C)(C)C)C(=O)N[C@@H](CC(=O)O)C(=O)N[C@@H](CC(C)C)C(=O)O. The van der Waals surface area contributed by atoms with Crippen LogP contribution < -0.4 is 21.3 Å². The summed E-state index contributed by atoms with van der Waals surface area (Å²) in [5.41, 5.74) is -0.815. The zero-order valence-corrected chi connectivity index (χ0v) is 25.9. The Kier molecular flexibility index (Phi) is 16.4. The number of hydrogen-bond donors (Lipinski definition) is 6. The number of aliphatic carboxylic acids is 2. The maximum absolute atomic E-state index is 13.4. The third kappa shape index (κ3) is 13.8. The van der Waals surface area contributed by atoms with Crippen LogP contribution in [0.15, 0.2) is 0 Å². The first-order valence-electron chi connectivity index (χ1n) is 14.2. The molecule has 14 heteroatoms. The first kappa shape index (κ1) is 38.3. The molecule has 0 unspecified atom stereocenters. The number of carbonyl (C=O) groups excluding carboxylic acids is 5. The van der Waals surface area contributed by atoms with Crippen LogP contribution in [-0.4, -0.2) is 82.5 Å². The zero-order valence-electron chi connectivity index (χ0n) is 25.9. The topological polar surface area (TPSA) is 217 Å². The van der Waals surface area contributed by atoms with E-state index in [0.717, 1.165) is 0 Å². The van der Waals surface area contributed by atoms with Gasteiger partial charge in [0.05, 0.1) is 19.4 Å². The van der Waals surface area contributed by atoms with E-state index in [-0.39, 0.29) is 30.8 Å². The fraction of sp³-hybridized carbons (Fsp3) is 0.750. The molecule has 0 bridgehead atoms. The fourth-order valence-corrected chi connectivity index (χ4v) is 4.07. The maximum Gasteiger partial charge on any atom is 0.326 e. The summed E-state index contributed by atoms with van der Waals surface area (Å²) in [6, 6.07) is -5.79. The Labute approximate surface area is 247 Å². The molecule has 6 N–H and O–H groups in total. The van der Waals surface area contributed by atoms with Gasteiger partial charge in [-0.2, -0.15) is 0 Å². The predicted molar refractivity (Wildman–Crippen MR) is 152 cm³/mol. The second-order valence-electron chi connectivity index (χ2n) is 11.6. The summed E-state index contributed by atoms with van der Waals surface area (Å²) in [7, 11) is 0. The lowest BCUT2D eigenvalue weighted by Crippen LogP contribution is -2.60. The standard InChI is InChI=1S/C28H48N4O10/c1-9-16(10-2)23(36)32-22(28(6,7)8)26(39)30-18(14-21(35)42-11-3)25(38)29-17(13-20(33)34)24(37)31-19(27(40)41)12-15(4)5/h15-19,22H,9-14H2,1-8H3,(H,29,38)(H,30,39)(H,31,37)(H,32,36)(H,33,34)(H,40,41)/t17-,18-,19-,22+/m0/s1. The van der Waals surface area contributed by atoms with E-state index in [2.05, 4.69) is 21.3 Å². The lowest BCUT2D eigenvalue weighted by Gasteiger charge is -2.33. The Hall–Kier alpha value is -3.71. The minimum absolute atomic E-state index is 0.0201. The first-order valence-corrected chi connectivity index (χ1v) is 14.2. The Morgan fingerprint density at radius 1 is 0.690 bits per heavy atom. The van der Waals surface area contributed by atoms with E-state index in [1.807, 2.05) is 13.8 Å². The van der Waals surface area contributed by atoms with Gasteiger partial charge < -0.3 is 36.2 Å². The predicted octanol–water partition coefficient (Wildman–Crippen LogP) is 0.967. The largest absolute Gasteiger partial charge is 0.481 e. The van der Waals surface area contributed by atoms with Gasteiger partial charge in [0.15, 0.2) is 0 Å². The van der Waals surface area contributed by atoms with Gasteiger partial charge in [-0.1, -0.05) is 48.5 Å². The molecule has 240 valence electrons. The van der Waals surface area contributed by atoms with Crippen molar-refractivity contribution in [1.82, 2.24) is 21.3 Å². The van der Waals surface area contributed by atoms with Crippen LogP contribution in [0, 0.1) is 17.3 Å². The molecule has 0 spiro atoms. The number of hydrogen-bond acceptors (Lipinski definition) is 8. The normalized spacial score (nSPS) is 14.2. The molecule has 0 aromatic carbocycles. The van der Waals surface area contributed by atoms with Crippen LogP contribution >= 0.6 is 0 Å². The third-order valence-corrected chi connectivity index (χ3v) is 6.41. The van der Waals surface area contributed by atoms with Crippen molar-refractivity contribution in [2.45, 2.75) is 112 Å². The van der Waals surface area contributed by atoms with Crippen LogP contribution in [0.25, 0.3) is 0 Å². The Bertz CT molecular complexity index is 972. The molecular weight excluding hydrogens is 552 g/mol. The Balaban J connectivity index is 6.16. The quantitative estimate of drug-likeness (QED) is 0.122. The second-order valence-corrected chi connectivity index (χ2v) is 11.6. The Morgan fingerprint density at radius 2 is 1.17 bits per heavy atom. The Morgan fingerprint density at radius 3 is 1.57 bits per heavy atom. The fourth-order valence-electron chi connectivity index (χ4n) is 4.07. The van der Waals surface area contributed by atoms with Gasteiger partial charge in [0.25, 0.3) is 0 Å². The van der Waals surface area contributed by atoms with Crippen LogP contribution in [0.2, 0.25) is 0 Å². The summed E-state index contributed by atoms with van der Waals surface area (Å²) in [5.74, 6) is -7.40. The highest BCUT2D eigenvalue weighted by Gasteiger charge is 2.38. The van der Waals surface area contributed by atoms with Gasteiger partial charge in [-0.05, 0) is 37.5 Å². The van der Waals surface area contributed by atoms with E-state index in [4.69, 9.17) is 4.74 Å². The van der Waals surface area contributed by atoms with E-state index in [1.165, 1.54) is 6.92 Å². The van der Waals surface area contributed by atoms with Crippen molar-refractivity contribution in [2.75, 3.05) is 6.61 Å². The minimum atomic E-state index is -1.72. The molecule has 4 amide bonds. The zero-order chi connectivity index (χ0) is 32.8. The summed E-state index contributed by atoms with van der Waals surface area (Å²) in [5, 5.41) is 28.4. The highest BCUT2D eigenvalue weighted by atomic mass is 16.5. The van der Waals surface area contributed by atoms with E-state index in [0.29, 0.717) is 12.8 Å². The monoisotopic (exact) mass is 600 g/mol. The molecule has 0 aliphatic carbocycles. The number of esters is 1. The van der Waals surface area contributed by atoms with Gasteiger partial charge in [-0.3, -0.25) is 28.8 Å². The second kappa shape index (κ2) is 18.0. The third-order valence-electron chi connectivity index (χ3n) is 6.41. The number of carboxylic acids is 2. The summed E-state index contributed by atoms with van der Waals surface area (Å²) < 4.78 is 4.91. The molecule has 0 heterocycles. The number of rotatable bonds is 18. The van der Waals surface area contributed by atoms with E-state index in [9.17, 15) is 43.8 Å². The highest BCUT2D eigenvalue weighted by Crippen LogP contribution is 2.21. The summed E-state index contributed by atoms with van der Waals surface area (Å²) >= 11 is 0. The van der Waals surface area contributed by atoms with Crippen LogP contribution in [0.3, 0.4) is 0 Å². The van der Waals surface area contributed by atoms with Crippen LogP contribution in [0.5, 0.6) is 0 Å². The smallest absolute Gasteiger partial charge is 0.326 e. The van der Waals surface area contributed by atoms with Crippen molar-refractivity contribution in [1.29, 1.82) is 0 Å².